The quantitative estimate of drug-likeness (QED) is 0.850. The number of β-amino-alcohol motifs (C(OH)–C–C–N with tert-alkyl or cyclic N) is 1. The van der Waals surface area contributed by atoms with Crippen molar-refractivity contribution in [1.82, 2.24) is 4.90 Å². The van der Waals surface area contributed by atoms with Crippen molar-refractivity contribution in [3.8, 4) is 0 Å². The van der Waals surface area contributed by atoms with Crippen LogP contribution >= 0.6 is 0 Å². The number of carboxylic acid groups (broad SMARTS) is 1. The van der Waals surface area contributed by atoms with E-state index >= 15 is 0 Å². The molecule has 108 valence electrons. The Morgan fingerprint density at radius 1 is 1.35 bits per heavy atom. The number of carbonyl (C=O) groups is 2. The van der Waals surface area contributed by atoms with Crippen LogP contribution in [0.4, 0.5) is 8.78 Å². The SMILES string of the molecule is O=C(O)[C@@H]1C[C@@H](O)CN1C(=O)Cc1cccc(F)c1F. The molecule has 0 spiro atoms. The second-order valence-corrected chi connectivity index (χ2v) is 4.68. The maximum absolute atomic E-state index is 13.5. The number of carboxylic acids is 1. The van der Waals surface area contributed by atoms with Gasteiger partial charge in [0, 0.05) is 18.5 Å². The van der Waals surface area contributed by atoms with Gasteiger partial charge in [-0.25, -0.2) is 13.6 Å². The number of halogens is 2. The van der Waals surface area contributed by atoms with Crippen molar-refractivity contribution in [3.05, 3.63) is 35.4 Å². The molecule has 1 saturated heterocycles. The molecule has 1 aromatic carbocycles. The minimum absolute atomic E-state index is 0.0628. The summed E-state index contributed by atoms with van der Waals surface area (Å²) in [5.74, 6) is -4.06. The van der Waals surface area contributed by atoms with E-state index < -0.39 is 42.1 Å². The van der Waals surface area contributed by atoms with Crippen molar-refractivity contribution in [3.63, 3.8) is 0 Å². The number of aliphatic carboxylic acids is 1. The molecule has 1 aliphatic heterocycles. The van der Waals surface area contributed by atoms with Crippen LogP contribution in [0.5, 0.6) is 0 Å². The van der Waals surface area contributed by atoms with Gasteiger partial charge in [-0.05, 0) is 6.07 Å². The largest absolute Gasteiger partial charge is 0.480 e. The Morgan fingerprint density at radius 3 is 2.70 bits per heavy atom. The van der Waals surface area contributed by atoms with E-state index in [0.29, 0.717) is 0 Å². The van der Waals surface area contributed by atoms with Crippen LogP contribution < -0.4 is 0 Å². The fraction of sp³-hybridized carbons (Fsp3) is 0.385. The lowest BCUT2D eigenvalue weighted by atomic mass is 10.1. The zero-order chi connectivity index (χ0) is 14.9. The van der Waals surface area contributed by atoms with E-state index in [1.54, 1.807) is 0 Å². The number of hydrogen-bond donors (Lipinski definition) is 2. The highest BCUT2D eigenvalue weighted by molar-refractivity contribution is 5.85. The Labute approximate surface area is 113 Å². The molecular formula is C13H13F2NO4. The van der Waals surface area contributed by atoms with E-state index in [4.69, 9.17) is 5.11 Å². The molecule has 0 bridgehead atoms. The fourth-order valence-electron chi connectivity index (χ4n) is 2.27. The predicted molar refractivity (Wildman–Crippen MR) is 63.8 cm³/mol. The highest BCUT2D eigenvalue weighted by Crippen LogP contribution is 2.20. The van der Waals surface area contributed by atoms with Crippen molar-refractivity contribution in [2.75, 3.05) is 6.54 Å². The highest BCUT2D eigenvalue weighted by atomic mass is 19.2. The standard InChI is InChI=1S/C13H13F2NO4/c14-9-3-1-2-7(12(9)15)4-11(18)16-6-8(17)5-10(16)13(19)20/h1-3,8,10,17H,4-6H2,(H,19,20)/t8-,10+/m1/s1. The molecule has 0 radical (unpaired) electrons. The van der Waals surface area contributed by atoms with Gasteiger partial charge < -0.3 is 15.1 Å². The Bertz CT molecular complexity index is 549. The van der Waals surface area contributed by atoms with Gasteiger partial charge in [0.2, 0.25) is 5.91 Å². The van der Waals surface area contributed by atoms with Gasteiger partial charge >= 0.3 is 5.97 Å². The second kappa shape index (κ2) is 5.54. The summed E-state index contributed by atoms with van der Waals surface area (Å²) in [6.07, 6.45) is -1.43. The summed E-state index contributed by atoms with van der Waals surface area (Å²) in [5.41, 5.74) is -0.138. The minimum atomic E-state index is -1.23. The summed E-state index contributed by atoms with van der Waals surface area (Å²) >= 11 is 0. The first kappa shape index (κ1) is 14.4. The molecule has 1 fully saturated rings. The summed E-state index contributed by atoms with van der Waals surface area (Å²) in [7, 11) is 0. The third-order valence-corrected chi connectivity index (χ3v) is 3.26. The van der Waals surface area contributed by atoms with Crippen molar-refractivity contribution < 1.29 is 28.6 Å². The summed E-state index contributed by atoms with van der Waals surface area (Å²) in [5, 5.41) is 18.4. The lowest BCUT2D eigenvalue weighted by molar-refractivity contribution is -0.148. The number of amides is 1. The highest BCUT2D eigenvalue weighted by Gasteiger charge is 2.38. The van der Waals surface area contributed by atoms with Gasteiger partial charge in [0.1, 0.15) is 6.04 Å². The molecule has 20 heavy (non-hydrogen) atoms. The van der Waals surface area contributed by atoms with Crippen molar-refractivity contribution in [2.45, 2.75) is 25.0 Å². The van der Waals surface area contributed by atoms with E-state index in [2.05, 4.69) is 0 Å². The van der Waals surface area contributed by atoms with Crippen molar-refractivity contribution in [1.29, 1.82) is 0 Å². The predicted octanol–water partition coefficient (Wildman–Crippen LogP) is 0.554. The number of aliphatic hydroxyl groups is 1. The second-order valence-electron chi connectivity index (χ2n) is 4.68. The van der Waals surface area contributed by atoms with Crippen LogP contribution in [-0.2, 0) is 16.0 Å². The molecule has 5 nitrogen and oxygen atoms in total. The average Bonchev–Trinajstić information content (AvgIpc) is 2.77. The molecule has 2 rings (SSSR count). The van der Waals surface area contributed by atoms with Crippen LogP contribution in [0.25, 0.3) is 0 Å². The number of nitrogens with zero attached hydrogens (tertiary/aromatic N) is 1. The van der Waals surface area contributed by atoms with E-state index in [0.717, 1.165) is 11.0 Å². The normalized spacial score (nSPS) is 22.1. The molecule has 0 aromatic heterocycles. The Balaban J connectivity index is 2.15. The summed E-state index contributed by atoms with van der Waals surface area (Å²) in [4.78, 5) is 24.0. The lowest BCUT2D eigenvalue weighted by Crippen LogP contribution is -2.41. The Kier molecular flexibility index (Phi) is 3.99. The summed E-state index contributed by atoms with van der Waals surface area (Å²) < 4.78 is 26.5. The number of hydrogen-bond acceptors (Lipinski definition) is 3. The van der Waals surface area contributed by atoms with Crippen molar-refractivity contribution >= 4 is 11.9 Å². The molecule has 0 aliphatic carbocycles. The number of rotatable bonds is 3. The van der Waals surface area contributed by atoms with Gasteiger partial charge in [-0.15, -0.1) is 0 Å². The van der Waals surface area contributed by atoms with E-state index in [1.165, 1.54) is 12.1 Å². The molecule has 1 amide bonds. The minimum Gasteiger partial charge on any atom is -0.480 e. The first-order valence-electron chi connectivity index (χ1n) is 6.03. The molecular weight excluding hydrogens is 272 g/mol. The van der Waals surface area contributed by atoms with Crippen LogP contribution in [0.15, 0.2) is 18.2 Å². The first-order chi connectivity index (χ1) is 9.40. The molecule has 0 saturated carbocycles. The topological polar surface area (TPSA) is 77.8 Å². The molecule has 1 aliphatic rings. The van der Waals surface area contributed by atoms with Gasteiger partial charge in [-0.1, -0.05) is 12.1 Å². The average molecular weight is 285 g/mol. The Hall–Kier alpha value is -2.02. The molecule has 1 aromatic rings. The van der Waals surface area contributed by atoms with E-state index in [-0.39, 0.29) is 18.5 Å². The number of aliphatic hydroxyl groups excluding tert-OH is 1. The van der Waals surface area contributed by atoms with Crippen LogP contribution in [-0.4, -0.2) is 45.7 Å². The molecule has 1 heterocycles. The fourth-order valence-corrected chi connectivity index (χ4v) is 2.27. The number of likely N-dealkylation sites (tertiary alicyclic amines) is 1. The maximum Gasteiger partial charge on any atom is 0.326 e. The van der Waals surface area contributed by atoms with Crippen molar-refractivity contribution in [2.24, 2.45) is 0 Å². The molecule has 7 heteroatoms. The Morgan fingerprint density at radius 2 is 2.05 bits per heavy atom. The monoisotopic (exact) mass is 285 g/mol. The van der Waals surface area contributed by atoms with Gasteiger partial charge in [-0.2, -0.15) is 0 Å². The van der Waals surface area contributed by atoms with E-state index in [9.17, 15) is 23.5 Å². The summed E-state index contributed by atoms with van der Waals surface area (Å²) in [6, 6.07) is 2.34. The third-order valence-electron chi connectivity index (χ3n) is 3.26. The maximum atomic E-state index is 13.5. The summed E-state index contributed by atoms with van der Waals surface area (Å²) in [6.45, 7) is -0.118. The van der Waals surface area contributed by atoms with Gasteiger partial charge in [0.25, 0.3) is 0 Å². The van der Waals surface area contributed by atoms with Gasteiger partial charge in [-0.3, -0.25) is 4.79 Å². The zero-order valence-corrected chi connectivity index (χ0v) is 10.4. The van der Waals surface area contributed by atoms with Crippen LogP contribution in [0.2, 0.25) is 0 Å². The smallest absolute Gasteiger partial charge is 0.326 e. The molecule has 2 N–H and O–H groups in total. The first-order valence-corrected chi connectivity index (χ1v) is 6.03. The van der Waals surface area contributed by atoms with Gasteiger partial charge in [0.15, 0.2) is 11.6 Å². The molecule has 0 unspecified atom stereocenters. The van der Waals surface area contributed by atoms with Crippen LogP contribution in [0.1, 0.15) is 12.0 Å². The number of benzene rings is 1. The van der Waals surface area contributed by atoms with E-state index in [1.807, 2.05) is 0 Å². The van der Waals surface area contributed by atoms with Crippen LogP contribution in [0.3, 0.4) is 0 Å². The third kappa shape index (κ3) is 2.77. The van der Waals surface area contributed by atoms with Crippen LogP contribution in [0, 0.1) is 11.6 Å². The number of carbonyl (C=O) groups excluding carboxylic acids is 1. The zero-order valence-electron chi connectivity index (χ0n) is 10.4. The van der Waals surface area contributed by atoms with Gasteiger partial charge in [0.05, 0.1) is 12.5 Å². The lowest BCUT2D eigenvalue weighted by Gasteiger charge is -2.21. The molecule has 2 atom stereocenters.